The second-order valence-corrected chi connectivity index (χ2v) is 20.0. The van der Waals surface area contributed by atoms with Gasteiger partial charge in [-0.1, -0.05) is 217 Å². The number of likely N-dealkylation sites (N-methyl/N-ethyl adjacent to an activating group) is 1. The Hall–Kier alpha value is -1.28. The number of allylic oxidation sites excluding steroid dienone is 5. The molecule has 0 rings (SSSR count). The van der Waals surface area contributed by atoms with Gasteiger partial charge >= 0.3 is 7.82 Å². The second-order valence-electron chi connectivity index (χ2n) is 18.5. The van der Waals surface area contributed by atoms with Crippen molar-refractivity contribution in [1.82, 2.24) is 5.32 Å². The summed E-state index contributed by atoms with van der Waals surface area (Å²) in [6.45, 7) is 4.77. The first-order valence-electron chi connectivity index (χ1n) is 25.4. The van der Waals surface area contributed by atoms with E-state index < -0.39 is 20.0 Å². The van der Waals surface area contributed by atoms with Crippen molar-refractivity contribution in [3.05, 3.63) is 36.5 Å². The Morgan fingerprint density at radius 1 is 0.550 bits per heavy atom. The molecular weight excluding hydrogens is 768 g/mol. The molecule has 0 aliphatic rings. The summed E-state index contributed by atoms with van der Waals surface area (Å²) >= 11 is 0. The smallest absolute Gasteiger partial charge is 0.387 e. The van der Waals surface area contributed by atoms with Gasteiger partial charge in [0.1, 0.15) is 13.2 Å². The summed E-state index contributed by atoms with van der Waals surface area (Å²) in [5.74, 6) is -0.194. The van der Waals surface area contributed by atoms with Crippen LogP contribution in [-0.2, 0) is 18.4 Å². The number of nitrogens with one attached hydrogen (secondary N) is 1. The van der Waals surface area contributed by atoms with Gasteiger partial charge in [0.2, 0.25) is 5.91 Å². The van der Waals surface area contributed by atoms with E-state index in [4.69, 9.17) is 9.05 Å². The van der Waals surface area contributed by atoms with Gasteiger partial charge in [-0.25, -0.2) is 4.57 Å². The van der Waals surface area contributed by atoms with Gasteiger partial charge in [-0.15, -0.1) is 0 Å². The van der Waals surface area contributed by atoms with Crippen LogP contribution in [0, 0.1) is 0 Å². The van der Waals surface area contributed by atoms with Gasteiger partial charge in [-0.2, -0.15) is 0 Å². The van der Waals surface area contributed by atoms with Crippen molar-refractivity contribution in [1.29, 1.82) is 0 Å². The SMILES string of the molecule is CCCCCCCCCCCCCCCCCCCCC/C=C/CC/C=C/CC/C=C/C(O)C(COP(=O)(O)OCC[N+](C)(C)C)NC(=O)CCCCCCCCCCC. The highest BCUT2D eigenvalue weighted by Crippen LogP contribution is 2.43. The van der Waals surface area contributed by atoms with E-state index in [0.29, 0.717) is 17.4 Å². The topological polar surface area (TPSA) is 105 Å². The molecule has 60 heavy (non-hydrogen) atoms. The van der Waals surface area contributed by atoms with Crippen LogP contribution in [0.25, 0.3) is 0 Å². The lowest BCUT2D eigenvalue weighted by molar-refractivity contribution is -0.870. The minimum Gasteiger partial charge on any atom is -0.387 e. The molecule has 0 saturated carbocycles. The van der Waals surface area contributed by atoms with Crippen molar-refractivity contribution in [2.45, 2.75) is 244 Å². The molecule has 0 spiro atoms. The largest absolute Gasteiger partial charge is 0.472 e. The van der Waals surface area contributed by atoms with Crippen molar-refractivity contribution in [2.24, 2.45) is 0 Å². The first-order chi connectivity index (χ1) is 29.0. The molecule has 0 aromatic carbocycles. The third-order valence-corrected chi connectivity index (χ3v) is 12.3. The van der Waals surface area contributed by atoms with E-state index in [2.05, 4.69) is 43.5 Å². The van der Waals surface area contributed by atoms with E-state index in [-0.39, 0.29) is 19.1 Å². The summed E-state index contributed by atoms with van der Waals surface area (Å²) in [6.07, 6.45) is 54.0. The highest BCUT2D eigenvalue weighted by molar-refractivity contribution is 7.47. The van der Waals surface area contributed by atoms with E-state index in [1.807, 2.05) is 27.2 Å². The molecular formula is C51H100N2O6P+. The molecule has 0 aromatic heterocycles. The number of quaternary nitrogens is 1. The Bertz CT molecular complexity index is 1070. The van der Waals surface area contributed by atoms with Crippen LogP contribution >= 0.6 is 7.82 Å². The standard InChI is InChI=1S/C51H99N2O6P/c1-6-8-10-12-14-16-17-18-19-20-21-22-23-24-25-26-27-28-29-30-31-32-33-34-35-37-38-40-42-44-50(54)49(48-59-60(56,57)58-47-46-53(3,4)5)52-51(55)45-43-41-39-36-15-13-11-9-7-2/h31-32,35,37,42,44,49-50,54H,6-30,33-34,36,38-41,43,45-48H2,1-5H3,(H-,52,55,56,57)/p+1/b32-31+,37-35+,44-42+. The third kappa shape index (κ3) is 44.8. The molecule has 0 radical (unpaired) electrons. The lowest BCUT2D eigenvalue weighted by Crippen LogP contribution is -2.45. The minimum atomic E-state index is -4.34. The maximum Gasteiger partial charge on any atom is 0.472 e. The molecule has 0 fully saturated rings. The number of phosphoric acid groups is 1. The van der Waals surface area contributed by atoms with E-state index in [9.17, 15) is 19.4 Å². The number of rotatable bonds is 46. The van der Waals surface area contributed by atoms with E-state index >= 15 is 0 Å². The van der Waals surface area contributed by atoms with Crippen molar-refractivity contribution in [3.8, 4) is 0 Å². The van der Waals surface area contributed by atoms with Crippen molar-refractivity contribution in [2.75, 3.05) is 40.9 Å². The average Bonchev–Trinajstić information content (AvgIpc) is 3.20. The van der Waals surface area contributed by atoms with Crippen LogP contribution in [0.2, 0.25) is 0 Å². The normalized spacial score (nSPS) is 14.4. The van der Waals surface area contributed by atoms with E-state index in [1.54, 1.807) is 6.08 Å². The molecule has 0 heterocycles. The predicted molar refractivity (Wildman–Crippen MR) is 258 cm³/mol. The molecule has 8 nitrogen and oxygen atoms in total. The van der Waals surface area contributed by atoms with Crippen LogP contribution in [0.1, 0.15) is 232 Å². The summed E-state index contributed by atoms with van der Waals surface area (Å²) in [5.41, 5.74) is 0. The average molecular weight is 868 g/mol. The number of aliphatic hydroxyl groups excluding tert-OH is 1. The van der Waals surface area contributed by atoms with Crippen molar-refractivity contribution in [3.63, 3.8) is 0 Å². The molecule has 3 unspecified atom stereocenters. The molecule has 1 amide bonds. The lowest BCUT2D eigenvalue weighted by atomic mass is 10.0. The fourth-order valence-electron chi connectivity index (χ4n) is 7.31. The zero-order chi connectivity index (χ0) is 44.3. The number of unbranched alkanes of at least 4 members (excludes halogenated alkanes) is 29. The van der Waals surface area contributed by atoms with Crippen molar-refractivity contribution >= 4 is 13.7 Å². The molecule has 0 aliphatic heterocycles. The van der Waals surface area contributed by atoms with E-state index in [1.165, 1.54) is 167 Å². The Kier molecular flexibility index (Phi) is 42.1. The molecule has 354 valence electrons. The van der Waals surface area contributed by atoms with Gasteiger partial charge < -0.3 is 19.8 Å². The zero-order valence-corrected chi connectivity index (χ0v) is 41.1. The highest BCUT2D eigenvalue weighted by atomic mass is 31.2. The van der Waals surface area contributed by atoms with Gasteiger partial charge in [-0.3, -0.25) is 13.8 Å². The lowest BCUT2D eigenvalue weighted by Gasteiger charge is -2.25. The van der Waals surface area contributed by atoms with Crippen LogP contribution in [0.3, 0.4) is 0 Å². The van der Waals surface area contributed by atoms with Gasteiger partial charge in [0.05, 0.1) is 39.9 Å². The Morgan fingerprint density at radius 2 is 0.917 bits per heavy atom. The van der Waals surface area contributed by atoms with Crippen LogP contribution in [0.4, 0.5) is 0 Å². The maximum atomic E-state index is 12.8. The quantitative estimate of drug-likeness (QED) is 0.0244. The number of phosphoric ester groups is 1. The first-order valence-corrected chi connectivity index (χ1v) is 26.9. The molecule has 0 saturated heterocycles. The van der Waals surface area contributed by atoms with E-state index in [0.717, 1.165) is 44.9 Å². The molecule has 3 atom stereocenters. The summed E-state index contributed by atoms with van der Waals surface area (Å²) in [4.78, 5) is 23.0. The number of carbonyl (C=O) groups is 1. The van der Waals surface area contributed by atoms with Crippen molar-refractivity contribution < 1.29 is 32.9 Å². The zero-order valence-electron chi connectivity index (χ0n) is 40.2. The van der Waals surface area contributed by atoms with Crippen LogP contribution < -0.4 is 5.32 Å². The second kappa shape index (κ2) is 43.0. The van der Waals surface area contributed by atoms with Crippen LogP contribution in [0.15, 0.2) is 36.5 Å². The van der Waals surface area contributed by atoms with Gasteiger partial charge in [0, 0.05) is 6.42 Å². The summed E-state index contributed by atoms with van der Waals surface area (Å²) in [6, 6.07) is -0.865. The van der Waals surface area contributed by atoms with Crippen LogP contribution in [0.5, 0.6) is 0 Å². The summed E-state index contributed by atoms with van der Waals surface area (Å²) in [5, 5.41) is 13.8. The Labute approximate surface area is 372 Å². The number of hydrogen-bond donors (Lipinski definition) is 3. The third-order valence-electron chi connectivity index (χ3n) is 11.3. The predicted octanol–water partition coefficient (Wildman–Crippen LogP) is 14.6. The van der Waals surface area contributed by atoms with Gasteiger partial charge in [0.15, 0.2) is 0 Å². The van der Waals surface area contributed by atoms with Gasteiger partial charge in [0.25, 0.3) is 0 Å². The molecule has 3 N–H and O–H groups in total. The molecule has 0 aliphatic carbocycles. The minimum absolute atomic E-state index is 0.0544. The molecule has 9 heteroatoms. The van der Waals surface area contributed by atoms with Crippen LogP contribution in [-0.4, -0.2) is 73.4 Å². The monoisotopic (exact) mass is 868 g/mol. The fraction of sp³-hybridized carbons (Fsp3) is 0.863. The Balaban J connectivity index is 4.18. The fourth-order valence-corrected chi connectivity index (χ4v) is 8.05. The first kappa shape index (κ1) is 58.7. The number of nitrogens with zero attached hydrogens (tertiary/aromatic N) is 1. The number of hydrogen-bond acceptors (Lipinski definition) is 5. The highest BCUT2D eigenvalue weighted by Gasteiger charge is 2.27. The number of amides is 1. The Morgan fingerprint density at radius 3 is 1.33 bits per heavy atom. The number of aliphatic hydroxyl groups is 1. The van der Waals surface area contributed by atoms with Gasteiger partial charge in [-0.05, 0) is 44.9 Å². The summed E-state index contributed by atoms with van der Waals surface area (Å²) < 4.78 is 23.5. The number of carbonyl (C=O) groups excluding carboxylic acids is 1. The molecule has 0 bridgehead atoms. The summed E-state index contributed by atoms with van der Waals surface area (Å²) in [7, 11) is 1.55. The maximum absolute atomic E-state index is 12.8. The molecule has 0 aromatic rings.